The second kappa shape index (κ2) is 8.20. The third-order valence-electron chi connectivity index (χ3n) is 4.83. The summed E-state index contributed by atoms with van der Waals surface area (Å²) in [6, 6.07) is 9.54. The van der Waals surface area contributed by atoms with E-state index in [-0.39, 0.29) is 28.9 Å². The van der Waals surface area contributed by atoms with Gasteiger partial charge in [0.15, 0.2) is 0 Å². The Hall–Kier alpha value is -3.32. The fraction of sp³-hybridized carbons (Fsp3) is 0.182. The molecule has 4 rings (SSSR count). The lowest BCUT2D eigenvalue weighted by Gasteiger charge is -2.12. The molecule has 1 aliphatic heterocycles. The van der Waals surface area contributed by atoms with Gasteiger partial charge in [-0.3, -0.25) is 14.6 Å². The number of rotatable bonds is 5. The van der Waals surface area contributed by atoms with Crippen LogP contribution in [0.3, 0.4) is 0 Å². The highest BCUT2D eigenvalue weighted by atomic mass is 35.5. The van der Waals surface area contributed by atoms with Crippen LogP contribution in [-0.2, 0) is 13.0 Å². The van der Waals surface area contributed by atoms with E-state index in [4.69, 9.17) is 11.6 Å². The van der Waals surface area contributed by atoms with Gasteiger partial charge in [0.05, 0.1) is 39.6 Å². The average molecular weight is 425 g/mol. The van der Waals surface area contributed by atoms with Crippen molar-refractivity contribution in [3.63, 3.8) is 0 Å². The number of hydrogen-bond donors (Lipinski definition) is 2. The Morgan fingerprint density at radius 2 is 2.10 bits per heavy atom. The molecule has 2 amide bonds. The lowest BCUT2D eigenvalue weighted by molar-refractivity contribution is 0.0951. The summed E-state index contributed by atoms with van der Waals surface area (Å²) in [4.78, 5) is 33.1. The first-order valence-corrected chi connectivity index (χ1v) is 9.84. The number of carbonyl (C=O) groups is 2. The van der Waals surface area contributed by atoms with E-state index in [9.17, 15) is 14.0 Å². The lowest BCUT2D eigenvalue weighted by Crippen LogP contribution is -2.22. The van der Waals surface area contributed by atoms with Crippen molar-refractivity contribution < 1.29 is 14.0 Å². The number of hydrogen-bond acceptors (Lipinski definition) is 4. The van der Waals surface area contributed by atoms with Crippen molar-refractivity contribution in [2.75, 3.05) is 6.54 Å². The topological polar surface area (TPSA) is 84.0 Å². The van der Waals surface area contributed by atoms with Gasteiger partial charge in [0, 0.05) is 24.9 Å². The molecule has 1 aliphatic rings. The van der Waals surface area contributed by atoms with E-state index in [1.165, 1.54) is 18.3 Å². The fourth-order valence-corrected chi connectivity index (χ4v) is 3.70. The summed E-state index contributed by atoms with van der Waals surface area (Å²) in [7, 11) is 0. The monoisotopic (exact) mass is 424 g/mol. The third-order valence-corrected chi connectivity index (χ3v) is 5.15. The summed E-state index contributed by atoms with van der Waals surface area (Å²) in [6.45, 7) is 2.64. The molecule has 0 fully saturated rings. The Kier molecular flexibility index (Phi) is 5.46. The summed E-state index contributed by atoms with van der Waals surface area (Å²) in [6.07, 6.45) is 1.82. The van der Waals surface area contributed by atoms with Gasteiger partial charge in [-0.05, 0) is 42.8 Å². The van der Waals surface area contributed by atoms with Crippen molar-refractivity contribution in [2.45, 2.75) is 19.9 Å². The Morgan fingerprint density at radius 3 is 2.80 bits per heavy atom. The van der Waals surface area contributed by atoms with E-state index >= 15 is 0 Å². The number of amides is 2. The average Bonchev–Trinajstić information content (AvgIpc) is 3.10. The summed E-state index contributed by atoms with van der Waals surface area (Å²) in [5, 5.41) is 5.72. The van der Waals surface area contributed by atoms with Crippen molar-refractivity contribution in [2.24, 2.45) is 0 Å². The molecule has 2 aromatic heterocycles. The lowest BCUT2D eigenvalue weighted by atomic mass is 9.98. The minimum atomic E-state index is -0.484. The highest BCUT2D eigenvalue weighted by molar-refractivity contribution is 6.33. The first kappa shape index (κ1) is 20.0. The number of nitrogens with one attached hydrogen (secondary N) is 2. The molecule has 0 radical (unpaired) electrons. The SMILES string of the molecule is CCNC(=O)c1ccc(Cc2cc(-c3c(F)cccc3Cl)nc3c2C(=O)NC3)nc1. The smallest absolute Gasteiger partial charge is 0.253 e. The minimum absolute atomic E-state index is 0.196. The van der Waals surface area contributed by atoms with Crippen molar-refractivity contribution in [3.8, 4) is 11.3 Å². The van der Waals surface area contributed by atoms with Crippen molar-refractivity contribution in [1.82, 2.24) is 20.6 Å². The number of benzene rings is 1. The van der Waals surface area contributed by atoms with Gasteiger partial charge < -0.3 is 10.6 Å². The van der Waals surface area contributed by atoms with E-state index in [1.807, 2.05) is 6.92 Å². The molecule has 0 saturated carbocycles. The molecule has 3 aromatic rings. The zero-order chi connectivity index (χ0) is 21.3. The van der Waals surface area contributed by atoms with E-state index in [1.54, 1.807) is 24.3 Å². The van der Waals surface area contributed by atoms with Crippen LogP contribution in [0.15, 0.2) is 42.6 Å². The number of carbonyl (C=O) groups excluding carboxylic acids is 2. The van der Waals surface area contributed by atoms with Crippen molar-refractivity contribution >= 4 is 23.4 Å². The zero-order valence-corrected chi connectivity index (χ0v) is 16.9. The highest BCUT2D eigenvalue weighted by Gasteiger charge is 2.26. The molecule has 6 nitrogen and oxygen atoms in total. The maximum atomic E-state index is 14.4. The second-order valence-electron chi connectivity index (χ2n) is 6.84. The fourth-order valence-electron chi connectivity index (χ4n) is 3.44. The van der Waals surface area contributed by atoms with Crippen LogP contribution in [-0.4, -0.2) is 28.3 Å². The second-order valence-corrected chi connectivity index (χ2v) is 7.25. The van der Waals surface area contributed by atoms with Gasteiger partial charge in [-0.15, -0.1) is 0 Å². The van der Waals surface area contributed by atoms with Crippen LogP contribution >= 0.6 is 11.6 Å². The predicted molar refractivity (Wildman–Crippen MR) is 111 cm³/mol. The summed E-state index contributed by atoms with van der Waals surface area (Å²) >= 11 is 6.22. The maximum Gasteiger partial charge on any atom is 0.253 e. The Bertz CT molecular complexity index is 1130. The third kappa shape index (κ3) is 3.76. The Morgan fingerprint density at radius 1 is 1.27 bits per heavy atom. The standard InChI is InChI=1S/C22H18ClFN4O2/c1-2-25-21(29)12-6-7-14(26-10-12)8-13-9-17(20-15(23)4-3-5-16(20)24)28-18-11-27-22(30)19(13)18/h3-7,9-10H,2,8,11H2,1H3,(H,25,29)(H,27,30). The molecule has 3 heterocycles. The molecule has 0 spiro atoms. The van der Waals surface area contributed by atoms with Gasteiger partial charge in [-0.2, -0.15) is 0 Å². The van der Waals surface area contributed by atoms with E-state index in [2.05, 4.69) is 20.6 Å². The van der Waals surface area contributed by atoms with Crippen LogP contribution in [0, 0.1) is 5.82 Å². The first-order valence-electron chi connectivity index (χ1n) is 9.46. The molecule has 0 unspecified atom stereocenters. The summed E-state index contributed by atoms with van der Waals surface area (Å²) in [5.41, 5.74) is 3.37. The molecule has 2 N–H and O–H groups in total. The van der Waals surface area contributed by atoms with Gasteiger partial charge in [0.2, 0.25) is 0 Å². The molecule has 0 bridgehead atoms. The van der Waals surface area contributed by atoms with Gasteiger partial charge >= 0.3 is 0 Å². The molecular formula is C22H18ClFN4O2. The molecule has 0 aliphatic carbocycles. The van der Waals surface area contributed by atoms with Crippen LogP contribution in [0.25, 0.3) is 11.3 Å². The number of fused-ring (bicyclic) bond motifs is 1. The highest BCUT2D eigenvalue weighted by Crippen LogP contribution is 2.32. The van der Waals surface area contributed by atoms with Gasteiger partial charge in [0.1, 0.15) is 5.82 Å². The summed E-state index contributed by atoms with van der Waals surface area (Å²) in [5.74, 6) is -0.905. The van der Waals surface area contributed by atoms with Gasteiger partial charge in [-0.25, -0.2) is 9.37 Å². The Labute approximate surface area is 177 Å². The van der Waals surface area contributed by atoms with E-state index in [0.717, 1.165) is 0 Å². The van der Waals surface area contributed by atoms with Gasteiger partial charge in [-0.1, -0.05) is 17.7 Å². The Balaban J connectivity index is 1.73. The minimum Gasteiger partial charge on any atom is -0.352 e. The van der Waals surface area contributed by atoms with E-state index < -0.39 is 5.82 Å². The van der Waals surface area contributed by atoms with Crippen LogP contribution in [0.2, 0.25) is 5.02 Å². The molecular weight excluding hydrogens is 407 g/mol. The van der Waals surface area contributed by atoms with Crippen LogP contribution < -0.4 is 10.6 Å². The largest absolute Gasteiger partial charge is 0.352 e. The number of nitrogens with zero attached hydrogens (tertiary/aromatic N) is 2. The number of pyridine rings is 2. The molecule has 1 aromatic carbocycles. The van der Waals surface area contributed by atoms with Crippen molar-refractivity contribution in [3.05, 3.63) is 81.5 Å². The van der Waals surface area contributed by atoms with Crippen LogP contribution in [0.5, 0.6) is 0 Å². The summed E-state index contributed by atoms with van der Waals surface area (Å²) < 4.78 is 14.4. The normalized spacial score (nSPS) is 12.4. The maximum absolute atomic E-state index is 14.4. The first-order chi connectivity index (χ1) is 14.5. The van der Waals surface area contributed by atoms with Crippen LogP contribution in [0.1, 0.15) is 44.6 Å². The zero-order valence-electron chi connectivity index (χ0n) is 16.1. The predicted octanol–water partition coefficient (Wildman–Crippen LogP) is 3.52. The molecule has 0 atom stereocenters. The molecule has 152 valence electrons. The molecule has 0 saturated heterocycles. The van der Waals surface area contributed by atoms with Gasteiger partial charge in [0.25, 0.3) is 11.8 Å². The molecule has 30 heavy (non-hydrogen) atoms. The quantitative estimate of drug-likeness (QED) is 0.656. The van der Waals surface area contributed by atoms with Crippen molar-refractivity contribution in [1.29, 1.82) is 0 Å². The van der Waals surface area contributed by atoms with E-state index in [0.29, 0.717) is 46.7 Å². The number of aromatic nitrogens is 2. The molecule has 8 heteroatoms. The van der Waals surface area contributed by atoms with Crippen LogP contribution in [0.4, 0.5) is 4.39 Å². The number of halogens is 2.